The molecule has 1 aliphatic rings. The lowest BCUT2D eigenvalue weighted by molar-refractivity contribution is 0.0987. The molecule has 3 nitrogen and oxygen atoms in total. The number of hydrogen-bond donors (Lipinski definition) is 1. The van der Waals surface area contributed by atoms with E-state index in [1.165, 1.54) is 24.9 Å². The summed E-state index contributed by atoms with van der Waals surface area (Å²) < 4.78 is 5.73. The van der Waals surface area contributed by atoms with Gasteiger partial charge in [0, 0.05) is 23.7 Å². The van der Waals surface area contributed by atoms with Crippen LogP contribution in [0.1, 0.15) is 58.8 Å². The van der Waals surface area contributed by atoms with Crippen LogP contribution in [0.25, 0.3) is 0 Å². The summed E-state index contributed by atoms with van der Waals surface area (Å²) in [6.07, 6.45) is 4.56. The monoisotopic (exact) mass is 278 g/mol. The molecule has 1 saturated heterocycles. The van der Waals surface area contributed by atoms with Crippen LogP contribution < -0.4 is 5.32 Å². The number of nitrogens with zero attached hydrogens (tertiary/aromatic N) is 1. The summed E-state index contributed by atoms with van der Waals surface area (Å²) in [6, 6.07) is 2.86. The second-order valence-electron chi connectivity index (χ2n) is 7.36. The van der Waals surface area contributed by atoms with Crippen LogP contribution in [0, 0.1) is 5.92 Å². The lowest BCUT2D eigenvalue weighted by Crippen LogP contribution is -2.41. The first-order valence-corrected chi connectivity index (χ1v) is 7.90. The molecular formula is C17H30N2O. The largest absolute Gasteiger partial charge is 0.468 e. The van der Waals surface area contributed by atoms with Crippen LogP contribution in [-0.4, -0.2) is 23.0 Å². The molecule has 1 aliphatic heterocycles. The number of hydrogen-bond acceptors (Lipinski definition) is 3. The van der Waals surface area contributed by atoms with Gasteiger partial charge in [0.05, 0.1) is 12.8 Å². The molecule has 3 heteroatoms. The zero-order valence-corrected chi connectivity index (χ0v) is 13.7. The second-order valence-corrected chi connectivity index (χ2v) is 7.36. The highest BCUT2D eigenvalue weighted by Gasteiger charge is 2.25. The van der Waals surface area contributed by atoms with Crippen LogP contribution in [0.4, 0.5) is 0 Å². The molecular weight excluding hydrogens is 248 g/mol. The topological polar surface area (TPSA) is 28.4 Å². The van der Waals surface area contributed by atoms with Crippen molar-refractivity contribution < 1.29 is 4.42 Å². The average Bonchev–Trinajstić information content (AvgIpc) is 2.80. The molecule has 0 aromatic carbocycles. The molecule has 1 aromatic rings. The van der Waals surface area contributed by atoms with Gasteiger partial charge in [-0.25, -0.2) is 0 Å². The molecule has 1 aromatic heterocycles. The van der Waals surface area contributed by atoms with Crippen molar-refractivity contribution in [2.75, 3.05) is 6.54 Å². The molecule has 0 radical (unpaired) electrons. The molecule has 0 amide bonds. The fraction of sp³-hybridized carbons (Fsp3) is 0.765. The quantitative estimate of drug-likeness (QED) is 0.908. The molecule has 2 atom stereocenters. The molecule has 2 heterocycles. The first kappa shape index (κ1) is 15.6. The zero-order chi connectivity index (χ0) is 14.8. The van der Waals surface area contributed by atoms with Gasteiger partial charge in [-0.3, -0.25) is 4.90 Å². The van der Waals surface area contributed by atoms with E-state index in [-0.39, 0.29) is 5.54 Å². The summed E-state index contributed by atoms with van der Waals surface area (Å²) >= 11 is 0. The molecule has 114 valence electrons. The van der Waals surface area contributed by atoms with Crippen molar-refractivity contribution >= 4 is 0 Å². The van der Waals surface area contributed by atoms with E-state index < -0.39 is 0 Å². The summed E-state index contributed by atoms with van der Waals surface area (Å²) in [5, 5.41) is 3.50. The Morgan fingerprint density at radius 2 is 2.10 bits per heavy atom. The number of rotatable bonds is 4. The van der Waals surface area contributed by atoms with Gasteiger partial charge in [-0.1, -0.05) is 6.92 Å². The van der Waals surface area contributed by atoms with Gasteiger partial charge >= 0.3 is 0 Å². The van der Waals surface area contributed by atoms with Crippen molar-refractivity contribution in [2.45, 2.75) is 72.1 Å². The van der Waals surface area contributed by atoms with Gasteiger partial charge in [-0.2, -0.15) is 0 Å². The van der Waals surface area contributed by atoms with Crippen LogP contribution in [0.15, 0.2) is 16.7 Å². The van der Waals surface area contributed by atoms with Crippen molar-refractivity contribution in [1.82, 2.24) is 10.2 Å². The lowest BCUT2D eigenvalue weighted by Gasteiger charge is -2.37. The minimum atomic E-state index is 0.147. The van der Waals surface area contributed by atoms with E-state index in [1.54, 1.807) is 0 Å². The maximum absolute atomic E-state index is 5.73. The molecule has 1 fully saturated rings. The van der Waals surface area contributed by atoms with Gasteiger partial charge in [-0.15, -0.1) is 0 Å². The number of furan rings is 1. The predicted molar refractivity (Wildman–Crippen MR) is 83.6 cm³/mol. The average molecular weight is 278 g/mol. The van der Waals surface area contributed by atoms with Gasteiger partial charge in [0.2, 0.25) is 0 Å². The highest BCUT2D eigenvalue weighted by Crippen LogP contribution is 2.25. The van der Waals surface area contributed by atoms with E-state index >= 15 is 0 Å². The van der Waals surface area contributed by atoms with E-state index in [0.29, 0.717) is 6.04 Å². The maximum Gasteiger partial charge on any atom is 0.118 e. The highest BCUT2D eigenvalue weighted by atomic mass is 16.3. The third kappa shape index (κ3) is 4.35. The van der Waals surface area contributed by atoms with E-state index in [1.807, 2.05) is 6.26 Å². The predicted octanol–water partition coefficient (Wildman–Crippen LogP) is 3.79. The summed E-state index contributed by atoms with van der Waals surface area (Å²) in [6.45, 7) is 14.3. The fourth-order valence-electron chi connectivity index (χ4n) is 2.81. The van der Waals surface area contributed by atoms with Crippen molar-refractivity contribution in [3.8, 4) is 0 Å². The van der Waals surface area contributed by atoms with Crippen molar-refractivity contribution in [3.63, 3.8) is 0 Å². The smallest absolute Gasteiger partial charge is 0.118 e. The Morgan fingerprint density at radius 1 is 1.35 bits per heavy atom. The summed E-state index contributed by atoms with van der Waals surface area (Å²) in [5.74, 6) is 1.89. The molecule has 0 saturated carbocycles. The van der Waals surface area contributed by atoms with Crippen LogP contribution >= 0.6 is 0 Å². The molecule has 20 heavy (non-hydrogen) atoms. The number of likely N-dealkylation sites (tertiary alicyclic amines) is 1. The summed E-state index contributed by atoms with van der Waals surface area (Å²) in [5.41, 5.74) is 1.39. The van der Waals surface area contributed by atoms with Crippen molar-refractivity contribution in [1.29, 1.82) is 0 Å². The Kier molecular flexibility index (Phi) is 4.92. The standard InChI is InChI=1S/C17H30N2O/c1-13-7-6-8-19(14(13)2)11-16-9-15(12-20-16)10-18-17(3,4)5/h9,12-14,18H,6-8,10-11H2,1-5H3. The Labute approximate surface area is 123 Å². The van der Waals surface area contributed by atoms with Crippen molar-refractivity contribution in [3.05, 3.63) is 23.7 Å². The number of piperidine rings is 1. The lowest BCUT2D eigenvalue weighted by atomic mass is 9.92. The van der Waals surface area contributed by atoms with Gasteiger partial charge in [0.25, 0.3) is 0 Å². The summed E-state index contributed by atoms with van der Waals surface area (Å²) in [4.78, 5) is 2.55. The van der Waals surface area contributed by atoms with Gasteiger partial charge < -0.3 is 9.73 Å². The number of nitrogens with one attached hydrogen (secondary N) is 1. The minimum absolute atomic E-state index is 0.147. The Balaban J connectivity index is 1.89. The normalized spacial score (nSPS) is 25.1. The van der Waals surface area contributed by atoms with E-state index in [4.69, 9.17) is 4.42 Å². The van der Waals surface area contributed by atoms with Gasteiger partial charge in [-0.05, 0) is 59.1 Å². The Hall–Kier alpha value is -0.800. The second kappa shape index (κ2) is 6.31. The first-order chi connectivity index (χ1) is 9.35. The van der Waals surface area contributed by atoms with Crippen LogP contribution in [0.3, 0.4) is 0 Å². The van der Waals surface area contributed by atoms with Crippen LogP contribution in [0.2, 0.25) is 0 Å². The highest BCUT2D eigenvalue weighted by molar-refractivity contribution is 5.13. The minimum Gasteiger partial charge on any atom is -0.468 e. The zero-order valence-electron chi connectivity index (χ0n) is 13.7. The molecule has 2 rings (SSSR count). The van der Waals surface area contributed by atoms with E-state index in [2.05, 4.69) is 50.9 Å². The molecule has 0 spiro atoms. The van der Waals surface area contributed by atoms with Crippen LogP contribution in [0.5, 0.6) is 0 Å². The third-order valence-corrected chi connectivity index (χ3v) is 4.39. The molecule has 0 bridgehead atoms. The maximum atomic E-state index is 5.73. The molecule has 2 unspecified atom stereocenters. The van der Waals surface area contributed by atoms with Crippen molar-refractivity contribution in [2.24, 2.45) is 5.92 Å². The Morgan fingerprint density at radius 3 is 2.80 bits per heavy atom. The van der Waals surface area contributed by atoms with E-state index in [9.17, 15) is 0 Å². The summed E-state index contributed by atoms with van der Waals surface area (Å²) in [7, 11) is 0. The Bertz CT molecular complexity index is 419. The van der Waals surface area contributed by atoms with E-state index in [0.717, 1.165) is 24.8 Å². The molecule has 0 aliphatic carbocycles. The van der Waals surface area contributed by atoms with Crippen LogP contribution in [-0.2, 0) is 13.1 Å². The first-order valence-electron chi connectivity index (χ1n) is 7.90. The third-order valence-electron chi connectivity index (χ3n) is 4.39. The molecule has 1 N–H and O–H groups in total. The fourth-order valence-corrected chi connectivity index (χ4v) is 2.81. The SMILES string of the molecule is CC1CCCN(Cc2cc(CNC(C)(C)C)co2)C1C. The van der Waals surface area contributed by atoms with Gasteiger partial charge in [0.1, 0.15) is 5.76 Å². The van der Waals surface area contributed by atoms with Gasteiger partial charge in [0.15, 0.2) is 0 Å².